The van der Waals surface area contributed by atoms with E-state index in [4.69, 9.17) is 9.26 Å². The normalized spacial score (nSPS) is 18.4. The molecule has 8 rings (SSSR count). The number of aromatic amines is 1. The Balaban J connectivity index is 0.838. The second kappa shape index (κ2) is 16.3. The lowest BCUT2D eigenvalue weighted by Crippen LogP contribution is -2.48. The van der Waals surface area contributed by atoms with Gasteiger partial charge in [-0.3, -0.25) is 14.5 Å². The molecule has 14 nitrogen and oxygen atoms in total. The second-order valence-electron chi connectivity index (χ2n) is 15.5. The lowest BCUT2D eigenvalue weighted by molar-refractivity contribution is -0.141. The van der Waals surface area contributed by atoms with Gasteiger partial charge in [-0.25, -0.2) is 9.37 Å². The highest BCUT2D eigenvalue weighted by Gasteiger charge is 2.43. The average Bonchev–Trinajstić information content (AvgIpc) is 4.00. The first-order valence-electron chi connectivity index (χ1n) is 19.4. The number of fused-ring (bicyclic) bond motifs is 1. The van der Waals surface area contributed by atoms with E-state index in [1.807, 2.05) is 63.5 Å². The summed E-state index contributed by atoms with van der Waals surface area (Å²) < 4.78 is 25.4. The van der Waals surface area contributed by atoms with E-state index in [2.05, 4.69) is 35.5 Å². The monoisotopic (exact) mass is 808 g/mol. The van der Waals surface area contributed by atoms with Gasteiger partial charge in [0.05, 0.1) is 33.9 Å². The van der Waals surface area contributed by atoms with Gasteiger partial charge in [0, 0.05) is 61.2 Å². The number of likely N-dealkylation sites (tertiary alicyclic amines) is 2. The molecule has 16 heteroatoms. The Morgan fingerprint density at radius 3 is 2.60 bits per heavy atom. The van der Waals surface area contributed by atoms with Crippen molar-refractivity contribution in [2.24, 2.45) is 5.92 Å². The number of carbonyl (C=O) groups is 2. The standard InChI is InChI=1S/C42H45FN8O6S/c1-22(2)38(42(55)51-20-30(52)16-34(51)41(54)45-23(3)25-5-7-26(8-6-25)39-24(4)44-21-58-39)36-17-37(49-57-36)56-12-11-50-18-28(19-50)32-13-27-14-33(47-48-40(27)46-32)31-15-29(43)9-10-35(31)53/h5-10,13-15,17,21-23,28,30,34,38,52-53H,11-12,16,18-20H2,1-4H3,(H,45,54)(H,46,48)/t23-,30+,34-,38+/m0/s1. The molecule has 0 spiro atoms. The maximum Gasteiger partial charge on any atom is 0.254 e. The van der Waals surface area contributed by atoms with Gasteiger partial charge in [0.1, 0.15) is 30.1 Å². The molecule has 4 atom stereocenters. The molecule has 2 aromatic carbocycles. The number of aromatic nitrogens is 5. The molecular weight excluding hydrogens is 764 g/mol. The van der Waals surface area contributed by atoms with E-state index < -0.39 is 23.9 Å². The summed E-state index contributed by atoms with van der Waals surface area (Å²) in [6, 6.07) is 16.0. The van der Waals surface area contributed by atoms with Crippen molar-refractivity contribution >= 4 is 34.2 Å². The summed E-state index contributed by atoms with van der Waals surface area (Å²) in [5.74, 6) is -1.26. The highest BCUT2D eigenvalue weighted by atomic mass is 32.1. The first-order valence-corrected chi connectivity index (χ1v) is 20.3. The van der Waals surface area contributed by atoms with Crippen molar-refractivity contribution in [3.8, 4) is 33.3 Å². The number of aromatic hydroxyl groups is 1. The van der Waals surface area contributed by atoms with E-state index in [1.54, 1.807) is 23.5 Å². The third-order valence-corrected chi connectivity index (χ3v) is 12.1. The van der Waals surface area contributed by atoms with Gasteiger partial charge in [0.15, 0.2) is 11.4 Å². The number of hydrogen-bond acceptors (Lipinski definition) is 12. The minimum absolute atomic E-state index is 0.0398. The molecule has 0 saturated carbocycles. The summed E-state index contributed by atoms with van der Waals surface area (Å²) in [5.41, 5.74) is 7.07. The molecule has 2 amide bonds. The SMILES string of the molecule is Cc1ncsc1-c1ccc([C@H](C)NC(=O)[C@@H]2C[C@@H](O)CN2C(=O)[C@@H](c2cc(OCCN3CC(c4cc5cc(-c6cc(F)ccc6O)nnc5[nH]4)C3)no2)C(C)C)cc1. The Morgan fingerprint density at radius 2 is 1.86 bits per heavy atom. The van der Waals surface area contributed by atoms with Crippen LogP contribution in [0, 0.1) is 18.7 Å². The predicted octanol–water partition coefficient (Wildman–Crippen LogP) is 5.95. The van der Waals surface area contributed by atoms with Gasteiger partial charge in [-0.15, -0.1) is 21.5 Å². The summed E-state index contributed by atoms with van der Waals surface area (Å²) in [6.07, 6.45) is -0.697. The molecule has 58 heavy (non-hydrogen) atoms. The van der Waals surface area contributed by atoms with Crippen LogP contribution in [0.5, 0.6) is 11.6 Å². The van der Waals surface area contributed by atoms with Crippen LogP contribution < -0.4 is 10.1 Å². The van der Waals surface area contributed by atoms with Crippen LogP contribution >= 0.6 is 11.3 Å². The minimum Gasteiger partial charge on any atom is -0.507 e. The summed E-state index contributed by atoms with van der Waals surface area (Å²) >= 11 is 1.58. The molecule has 2 aliphatic heterocycles. The highest BCUT2D eigenvalue weighted by Crippen LogP contribution is 2.35. The number of carbonyl (C=O) groups excluding carboxylic acids is 2. The largest absolute Gasteiger partial charge is 0.507 e. The lowest BCUT2D eigenvalue weighted by Gasteiger charge is -2.38. The molecule has 2 aliphatic rings. The van der Waals surface area contributed by atoms with Crippen LogP contribution in [-0.4, -0.2) is 102 Å². The Hall–Kier alpha value is -5.71. The molecular formula is C42H45FN8O6S. The number of nitrogens with zero attached hydrogens (tertiary/aromatic N) is 6. The molecule has 302 valence electrons. The molecule has 4 aromatic heterocycles. The number of rotatable bonds is 13. The van der Waals surface area contributed by atoms with Crippen LogP contribution in [0.3, 0.4) is 0 Å². The number of ether oxygens (including phenoxy) is 1. The topological polar surface area (TPSA) is 183 Å². The molecule has 6 aromatic rings. The lowest BCUT2D eigenvalue weighted by atomic mass is 9.91. The van der Waals surface area contributed by atoms with E-state index in [1.165, 1.54) is 23.1 Å². The van der Waals surface area contributed by atoms with Crippen LogP contribution in [-0.2, 0) is 9.59 Å². The fourth-order valence-electron chi connectivity index (χ4n) is 7.85. The first kappa shape index (κ1) is 39.1. The highest BCUT2D eigenvalue weighted by molar-refractivity contribution is 7.13. The van der Waals surface area contributed by atoms with E-state index >= 15 is 0 Å². The third-order valence-electron chi connectivity index (χ3n) is 11.1. The Labute approximate surface area is 338 Å². The van der Waals surface area contributed by atoms with Gasteiger partial charge < -0.3 is 34.7 Å². The number of aliphatic hydroxyl groups is 1. The van der Waals surface area contributed by atoms with Gasteiger partial charge in [-0.2, -0.15) is 0 Å². The van der Waals surface area contributed by atoms with Crippen molar-refractivity contribution in [2.45, 2.75) is 64.1 Å². The van der Waals surface area contributed by atoms with Crippen LogP contribution in [0.4, 0.5) is 4.39 Å². The van der Waals surface area contributed by atoms with Crippen molar-refractivity contribution in [3.05, 3.63) is 94.7 Å². The number of phenolic OH excluding ortho intramolecular Hbond substituents is 1. The number of nitrogens with one attached hydrogen (secondary N) is 2. The third kappa shape index (κ3) is 8.04. The van der Waals surface area contributed by atoms with Gasteiger partial charge in [0.2, 0.25) is 11.8 Å². The number of thiazole rings is 1. The molecule has 4 N–H and O–H groups in total. The molecule has 2 saturated heterocycles. The van der Waals surface area contributed by atoms with Gasteiger partial charge in [0.25, 0.3) is 5.88 Å². The van der Waals surface area contributed by atoms with Gasteiger partial charge in [-0.05, 0) is 66.4 Å². The number of amides is 2. The van der Waals surface area contributed by atoms with Gasteiger partial charge in [-0.1, -0.05) is 38.1 Å². The number of aliphatic hydroxyl groups excluding tert-OH is 1. The Kier molecular flexibility index (Phi) is 11.0. The van der Waals surface area contributed by atoms with Crippen LogP contribution in [0.15, 0.2) is 70.7 Å². The van der Waals surface area contributed by atoms with Crippen molar-refractivity contribution in [1.29, 1.82) is 0 Å². The number of aryl methyl sites for hydroxylation is 1. The molecule has 0 radical (unpaired) electrons. The zero-order valence-electron chi connectivity index (χ0n) is 32.6. The average molecular weight is 809 g/mol. The van der Waals surface area contributed by atoms with Crippen molar-refractivity contribution in [1.82, 2.24) is 40.4 Å². The fraction of sp³-hybridized carbons (Fsp3) is 0.381. The van der Waals surface area contributed by atoms with Gasteiger partial charge >= 0.3 is 0 Å². The van der Waals surface area contributed by atoms with E-state index in [-0.39, 0.29) is 59.9 Å². The molecule has 2 fully saturated rings. The number of halogens is 1. The zero-order chi connectivity index (χ0) is 40.7. The van der Waals surface area contributed by atoms with E-state index in [0.717, 1.165) is 45.9 Å². The van der Waals surface area contributed by atoms with Crippen LogP contribution in [0.25, 0.3) is 32.7 Å². The Bertz CT molecular complexity index is 2430. The number of H-pyrrole nitrogens is 1. The Morgan fingerprint density at radius 1 is 1.07 bits per heavy atom. The maximum atomic E-state index is 14.1. The summed E-state index contributed by atoms with van der Waals surface area (Å²) in [4.78, 5) is 40.2. The van der Waals surface area contributed by atoms with Crippen LogP contribution in [0.1, 0.15) is 67.8 Å². The molecule has 0 bridgehead atoms. The second-order valence-corrected chi connectivity index (χ2v) is 16.4. The summed E-state index contributed by atoms with van der Waals surface area (Å²) in [6.45, 7) is 10.3. The molecule has 6 heterocycles. The quantitative estimate of drug-likeness (QED) is 0.108. The number of β-amino-alcohol motifs (C(OH)–C–C–N with tert-alkyl or cyclic N) is 1. The number of hydrogen-bond donors (Lipinski definition) is 4. The number of benzene rings is 2. The smallest absolute Gasteiger partial charge is 0.254 e. The zero-order valence-corrected chi connectivity index (χ0v) is 33.4. The van der Waals surface area contributed by atoms with Crippen molar-refractivity contribution < 1.29 is 33.5 Å². The van der Waals surface area contributed by atoms with Crippen LogP contribution in [0.2, 0.25) is 0 Å². The fourth-order valence-corrected chi connectivity index (χ4v) is 8.66. The van der Waals surface area contributed by atoms with Crippen molar-refractivity contribution in [3.63, 3.8) is 0 Å². The maximum absolute atomic E-state index is 14.1. The molecule has 0 aliphatic carbocycles. The first-order chi connectivity index (χ1) is 27.9. The number of phenols is 1. The van der Waals surface area contributed by atoms with E-state index in [0.29, 0.717) is 30.3 Å². The summed E-state index contributed by atoms with van der Waals surface area (Å²) in [5, 5.41) is 37.2. The molecule has 0 unspecified atom stereocenters. The minimum atomic E-state index is -0.839. The van der Waals surface area contributed by atoms with E-state index in [9.17, 15) is 24.2 Å². The summed E-state index contributed by atoms with van der Waals surface area (Å²) in [7, 11) is 0. The predicted molar refractivity (Wildman–Crippen MR) is 215 cm³/mol. The van der Waals surface area contributed by atoms with Crippen molar-refractivity contribution in [2.75, 3.05) is 32.8 Å².